The number of rotatable bonds is 3. The summed E-state index contributed by atoms with van der Waals surface area (Å²) < 4.78 is 11.3. The molecule has 0 atom stereocenters. The van der Waals surface area contributed by atoms with Gasteiger partial charge in [-0.1, -0.05) is 32.4 Å². The van der Waals surface area contributed by atoms with Gasteiger partial charge in [0, 0.05) is 24.2 Å². The normalized spacial score (nSPS) is 17.2. The lowest BCUT2D eigenvalue weighted by Crippen LogP contribution is -2.23. The molecule has 0 radical (unpaired) electrons. The van der Waals surface area contributed by atoms with Gasteiger partial charge in [-0.15, -0.1) is 0 Å². The smallest absolute Gasteiger partial charge is 0.221 e. The third-order valence-corrected chi connectivity index (χ3v) is 3.88. The second kappa shape index (κ2) is 6.27. The van der Waals surface area contributed by atoms with Crippen LogP contribution < -0.4 is 4.74 Å². The van der Waals surface area contributed by atoms with Crippen LogP contribution in [-0.2, 0) is 10.2 Å². The molecule has 0 aliphatic carbocycles. The highest BCUT2D eigenvalue weighted by molar-refractivity contribution is 6.30. The molecule has 1 aromatic heterocycles. The Kier molecular flexibility index (Phi) is 4.86. The first-order valence-electron chi connectivity index (χ1n) is 7.13. The van der Waals surface area contributed by atoms with Gasteiger partial charge in [0.05, 0.1) is 6.61 Å². The third-order valence-electron chi connectivity index (χ3n) is 3.51. The van der Waals surface area contributed by atoms with E-state index in [2.05, 4.69) is 30.7 Å². The Bertz CT molecular complexity index is 466. The lowest BCUT2D eigenvalue weighted by molar-refractivity contribution is 0.0488. The Labute approximate surface area is 125 Å². The first kappa shape index (κ1) is 15.5. The first-order chi connectivity index (χ1) is 9.38. The quantitative estimate of drug-likeness (QED) is 0.801. The number of aromatic nitrogens is 2. The summed E-state index contributed by atoms with van der Waals surface area (Å²) in [4.78, 5) is 8.89. The van der Waals surface area contributed by atoms with Gasteiger partial charge in [-0.25, -0.2) is 4.98 Å². The Morgan fingerprint density at radius 3 is 2.50 bits per heavy atom. The topological polar surface area (TPSA) is 44.2 Å². The SMILES string of the molecule is Cc1c(Cl)nc(C(C)(C)C)nc1OCC1CCOCC1. The molecule has 0 amide bonds. The minimum atomic E-state index is -0.145. The fraction of sp³-hybridized carbons (Fsp3) is 0.733. The molecule has 2 rings (SSSR count). The van der Waals surface area contributed by atoms with Gasteiger partial charge in [-0.05, 0) is 25.7 Å². The Morgan fingerprint density at radius 2 is 1.90 bits per heavy atom. The maximum absolute atomic E-state index is 6.20. The largest absolute Gasteiger partial charge is 0.477 e. The van der Waals surface area contributed by atoms with Crippen molar-refractivity contribution in [1.82, 2.24) is 9.97 Å². The van der Waals surface area contributed by atoms with Crippen LogP contribution in [-0.4, -0.2) is 29.8 Å². The van der Waals surface area contributed by atoms with Gasteiger partial charge >= 0.3 is 0 Å². The molecule has 1 aliphatic rings. The summed E-state index contributed by atoms with van der Waals surface area (Å²) in [6, 6.07) is 0. The number of hydrogen-bond acceptors (Lipinski definition) is 4. The van der Waals surface area contributed by atoms with Crippen molar-refractivity contribution >= 4 is 11.6 Å². The molecule has 2 heterocycles. The number of ether oxygens (including phenoxy) is 2. The molecule has 0 N–H and O–H groups in total. The van der Waals surface area contributed by atoms with Crippen LogP contribution in [0.2, 0.25) is 5.15 Å². The highest BCUT2D eigenvalue weighted by Crippen LogP contribution is 2.28. The molecule has 0 saturated carbocycles. The van der Waals surface area contributed by atoms with Crippen molar-refractivity contribution in [2.75, 3.05) is 19.8 Å². The second-order valence-corrected chi connectivity index (χ2v) is 6.74. The molecule has 0 spiro atoms. The maximum atomic E-state index is 6.20. The molecule has 0 bridgehead atoms. The maximum Gasteiger partial charge on any atom is 0.221 e. The third kappa shape index (κ3) is 3.83. The van der Waals surface area contributed by atoms with Crippen molar-refractivity contribution in [3.05, 3.63) is 16.5 Å². The minimum absolute atomic E-state index is 0.145. The average Bonchev–Trinajstić information content (AvgIpc) is 2.40. The van der Waals surface area contributed by atoms with E-state index in [0.717, 1.165) is 37.4 Å². The van der Waals surface area contributed by atoms with E-state index in [-0.39, 0.29) is 5.41 Å². The molecule has 1 aromatic rings. The molecular formula is C15H23ClN2O2. The Morgan fingerprint density at radius 1 is 1.25 bits per heavy atom. The van der Waals surface area contributed by atoms with Gasteiger partial charge in [0.1, 0.15) is 11.0 Å². The van der Waals surface area contributed by atoms with Crippen LogP contribution >= 0.6 is 11.6 Å². The molecule has 1 fully saturated rings. The zero-order valence-corrected chi connectivity index (χ0v) is 13.5. The molecule has 20 heavy (non-hydrogen) atoms. The standard InChI is InChI=1S/C15H23ClN2O2/c1-10-12(16)17-14(15(2,3)4)18-13(10)20-9-11-5-7-19-8-6-11/h11H,5-9H2,1-4H3. The van der Waals surface area contributed by atoms with Crippen molar-refractivity contribution < 1.29 is 9.47 Å². The van der Waals surface area contributed by atoms with Crippen LogP contribution in [0.25, 0.3) is 0 Å². The molecule has 4 nitrogen and oxygen atoms in total. The van der Waals surface area contributed by atoms with Gasteiger partial charge < -0.3 is 9.47 Å². The first-order valence-corrected chi connectivity index (χ1v) is 7.51. The van der Waals surface area contributed by atoms with Crippen molar-refractivity contribution in [2.24, 2.45) is 5.92 Å². The summed E-state index contributed by atoms with van der Waals surface area (Å²) in [7, 11) is 0. The summed E-state index contributed by atoms with van der Waals surface area (Å²) in [5.74, 6) is 1.87. The van der Waals surface area contributed by atoms with E-state index in [1.807, 2.05) is 6.92 Å². The number of halogens is 1. The van der Waals surface area contributed by atoms with Crippen LogP contribution in [0, 0.1) is 12.8 Å². The van der Waals surface area contributed by atoms with E-state index in [0.29, 0.717) is 23.6 Å². The van der Waals surface area contributed by atoms with Crippen LogP contribution in [0.15, 0.2) is 0 Å². The zero-order valence-electron chi connectivity index (χ0n) is 12.7. The zero-order chi connectivity index (χ0) is 14.8. The Hall–Kier alpha value is -0.870. The van der Waals surface area contributed by atoms with Crippen LogP contribution in [0.3, 0.4) is 0 Å². The summed E-state index contributed by atoms with van der Waals surface area (Å²) in [6.07, 6.45) is 2.09. The van der Waals surface area contributed by atoms with Gasteiger partial charge in [-0.3, -0.25) is 0 Å². The van der Waals surface area contributed by atoms with E-state index < -0.39 is 0 Å². The number of hydrogen-bond donors (Lipinski definition) is 0. The molecule has 112 valence electrons. The molecule has 0 unspecified atom stereocenters. The summed E-state index contributed by atoms with van der Waals surface area (Å²) >= 11 is 6.20. The number of nitrogens with zero attached hydrogens (tertiary/aromatic N) is 2. The van der Waals surface area contributed by atoms with Gasteiger partial charge in [0.15, 0.2) is 0 Å². The van der Waals surface area contributed by atoms with Crippen molar-refractivity contribution in [2.45, 2.75) is 46.0 Å². The van der Waals surface area contributed by atoms with E-state index in [9.17, 15) is 0 Å². The van der Waals surface area contributed by atoms with Crippen molar-refractivity contribution in [3.8, 4) is 5.88 Å². The molecule has 0 aromatic carbocycles. The van der Waals surface area contributed by atoms with E-state index in [1.165, 1.54) is 0 Å². The van der Waals surface area contributed by atoms with Crippen molar-refractivity contribution in [1.29, 1.82) is 0 Å². The second-order valence-electron chi connectivity index (χ2n) is 6.38. The van der Waals surface area contributed by atoms with Gasteiger partial charge in [-0.2, -0.15) is 4.98 Å². The van der Waals surface area contributed by atoms with Gasteiger partial charge in [0.25, 0.3) is 0 Å². The van der Waals surface area contributed by atoms with Crippen LogP contribution in [0.5, 0.6) is 5.88 Å². The summed E-state index contributed by atoms with van der Waals surface area (Å²) in [5.41, 5.74) is 0.667. The molecule has 1 aliphatic heterocycles. The molecule has 5 heteroatoms. The Balaban J connectivity index is 2.11. The minimum Gasteiger partial charge on any atom is -0.477 e. The van der Waals surface area contributed by atoms with Gasteiger partial charge in [0.2, 0.25) is 5.88 Å². The fourth-order valence-corrected chi connectivity index (χ4v) is 2.22. The highest BCUT2D eigenvalue weighted by atomic mass is 35.5. The summed E-state index contributed by atoms with van der Waals surface area (Å²) in [5, 5.41) is 0.479. The van der Waals surface area contributed by atoms with E-state index >= 15 is 0 Å². The predicted molar refractivity (Wildman–Crippen MR) is 79.5 cm³/mol. The molecular weight excluding hydrogens is 276 g/mol. The van der Waals surface area contributed by atoms with E-state index in [4.69, 9.17) is 21.1 Å². The predicted octanol–water partition coefficient (Wildman–Crippen LogP) is 3.54. The lowest BCUT2D eigenvalue weighted by atomic mass is 9.96. The lowest BCUT2D eigenvalue weighted by Gasteiger charge is -2.23. The average molecular weight is 299 g/mol. The summed E-state index contributed by atoms with van der Waals surface area (Å²) in [6.45, 7) is 10.4. The van der Waals surface area contributed by atoms with E-state index in [1.54, 1.807) is 0 Å². The fourth-order valence-electron chi connectivity index (χ4n) is 2.06. The monoisotopic (exact) mass is 298 g/mol. The van der Waals surface area contributed by atoms with Crippen LogP contribution in [0.4, 0.5) is 0 Å². The molecule has 1 saturated heterocycles. The highest BCUT2D eigenvalue weighted by Gasteiger charge is 2.22. The van der Waals surface area contributed by atoms with Crippen LogP contribution in [0.1, 0.15) is 45.0 Å². The van der Waals surface area contributed by atoms with Crippen molar-refractivity contribution in [3.63, 3.8) is 0 Å².